The molecule has 2 rings (SSSR count). The summed E-state index contributed by atoms with van der Waals surface area (Å²) in [5.41, 5.74) is 1.24. The first-order chi connectivity index (χ1) is 9.56. The molecule has 20 heavy (non-hydrogen) atoms. The van der Waals surface area contributed by atoms with Crippen molar-refractivity contribution in [1.82, 2.24) is 4.90 Å². The van der Waals surface area contributed by atoms with E-state index in [0.29, 0.717) is 6.04 Å². The van der Waals surface area contributed by atoms with E-state index in [-0.39, 0.29) is 12.5 Å². The van der Waals surface area contributed by atoms with Crippen molar-refractivity contribution >= 4 is 29.3 Å². The van der Waals surface area contributed by atoms with Gasteiger partial charge in [0.1, 0.15) is 0 Å². The number of thioether (sulfide) groups is 1. The van der Waals surface area contributed by atoms with Gasteiger partial charge in [0.2, 0.25) is 0 Å². The predicted octanol–water partition coefficient (Wildman–Crippen LogP) is 3.16. The Bertz CT molecular complexity index is 452. The quantitative estimate of drug-likeness (QED) is 0.906. The topological polar surface area (TPSA) is 40.5 Å². The van der Waals surface area contributed by atoms with Gasteiger partial charge in [-0.2, -0.15) is 11.8 Å². The highest BCUT2D eigenvalue weighted by molar-refractivity contribution is 7.99. The molecule has 1 aromatic carbocycles. The second-order valence-corrected chi connectivity index (χ2v) is 6.83. The highest BCUT2D eigenvalue weighted by Crippen LogP contribution is 2.23. The maximum absolute atomic E-state index is 11.0. The minimum atomic E-state index is -0.707. The summed E-state index contributed by atoms with van der Waals surface area (Å²) >= 11 is 7.75. The highest BCUT2D eigenvalue weighted by Gasteiger charge is 2.28. The van der Waals surface area contributed by atoms with Gasteiger partial charge in [0.15, 0.2) is 0 Å². The lowest BCUT2D eigenvalue weighted by atomic mass is 10.0. The SMILES string of the molecule is CC(Cc1ccc(Cl)cc1)N1CCSCC1CC(=O)O. The average Bonchev–Trinajstić information content (AvgIpc) is 2.41. The molecule has 5 heteroatoms. The lowest BCUT2D eigenvalue weighted by Gasteiger charge is -2.39. The summed E-state index contributed by atoms with van der Waals surface area (Å²) < 4.78 is 0. The van der Waals surface area contributed by atoms with Gasteiger partial charge in [-0.05, 0) is 31.0 Å². The molecule has 1 aliphatic rings. The summed E-state index contributed by atoms with van der Waals surface area (Å²) in [7, 11) is 0. The molecule has 0 saturated carbocycles. The normalized spacial score (nSPS) is 21.6. The Morgan fingerprint density at radius 2 is 2.20 bits per heavy atom. The molecule has 0 bridgehead atoms. The fraction of sp³-hybridized carbons (Fsp3) is 0.533. The summed E-state index contributed by atoms with van der Waals surface area (Å²) in [6.07, 6.45) is 1.16. The smallest absolute Gasteiger partial charge is 0.304 e. The molecule has 0 radical (unpaired) electrons. The van der Waals surface area contributed by atoms with Gasteiger partial charge >= 0.3 is 5.97 Å². The number of carboxylic acids is 1. The van der Waals surface area contributed by atoms with Crippen molar-refractivity contribution in [3.05, 3.63) is 34.9 Å². The van der Waals surface area contributed by atoms with Gasteiger partial charge in [-0.25, -0.2) is 0 Å². The van der Waals surface area contributed by atoms with E-state index in [1.54, 1.807) is 0 Å². The molecule has 0 aromatic heterocycles. The van der Waals surface area contributed by atoms with E-state index in [2.05, 4.69) is 11.8 Å². The van der Waals surface area contributed by atoms with Gasteiger partial charge in [0.25, 0.3) is 0 Å². The van der Waals surface area contributed by atoms with E-state index < -0.39 is 5.97 Å². The molecule has 0 amide bonds. The van der Waals surface area contributed by atoms with Gasteiger partial charge < -0.3 is 5.11 Å². The summed E-state index contributed by atoms with van der Waals surface area (Å²) in [5.74, 6) is 1.29. The van der Waals surface area contributed by atoms with Crippen LogP contribution in [-0.2, 0) is 11.2 Å². The van der Waals surface area contributed by atoms with Crippen molar-refractivity contribution in [3.8, 4) is 0 Å². The molecule has 0 spiro atoms. The fourth-order valence-electron chi connectivity index (χ4n) is 2.70. The Kier molecular flexibility index (Phi) is 5.75. The van der Waals surface area contributed by atoms with Gasteiger partial charge in [-0.3, -0.25) is 9.69 Å². The van der Waals surface area contributed by atoms with Crippen LogP contribution in [-0.4, -0.2) is 46.1 Å². The lowest BCUT2D eigenvalue weighted by molar-refractivity contribution is -0.138. The van der Waals surface area contributed by atoms with Crippen LogP contribution in [0.3, 0.4) is 0 Å². The molecular weight excluding hydrogens is 294 g/mol. The summed E-state index contributed by atoms with van der Waals surface area (Å²) in [4.78, 5) is 13.3. The van der Waals surface area contributed by atoms with Gasteiger partial charge in [0.05, 0.1) is 6.42 Å². The Morgan fingerprint density at radius 3 is 2.85 bits per heavy atom. The second kappa shape index (κ2) is 7.34. The third kappa shape index (κ3) is 4.40. The Balaban J connectivity index is 1.99. The number of halogens is 1. The zero-order chi connectivity index (χ0) is 14.5. The maximum atomic E-state index is 11.0. The number of aliphatic carboxylic acids is 1. The first kappa shape index (κ1) is 15.7. The monoisotopic (exact) mass is 313 g/mol. The molecule has 2 unspecified atom stereocenters. The molecular formula is C15H20ClNO2S. The van der Waals surface area contributed by atoms with E-state index in [1.807, 2.05) is 36.0 Å². The van der Waals surface area contributed by atoms with E-state index >= 15 is 0 Å². The Hall–Kier alpha value is -0.710. The number of hydrogen-bond acceptors (Lipinski definition) is 3. The number of hydrogen-bond donors (Lipinski definition) is 1. The first-order valence-electron chi connectivity index (χ1n) is 6.86. The van der Waals surface area contributed by atoms with Crippen LogP contribution in [0.2, 0.25) is 5.02 Å². The van der Waals surface area contributed by atoms with E-state index in [0.717, 1.165) is 29.5 Å². The second-order valence-electron chi connectivity index (χ2n) is 5.24. The number of nitrogens with zero attached hydrogens (tertiary/aromatic N) is 1. The molecule has 1 fully saturated rings. The number of carbonyl (C=O) groups is 1. The maximum Gasteiger partial charge on any atom is 0.304 e. The minimum Gasteiger partial charge on any atom is -0.481 e. The van der Waals surface area contributed by atoms with Crippen LogP contribution in [0.1, 0.15) is 18.9 Å². The van der Waals surface area contributed by atoms with Crippen molar-refractivity contribution in [3.63, 3.8) is 0 Å². The van der Waals surface area contributed by atoms with Gasteiger partial charge in [-0.1, -0.05) is 23.7 Å². The Morgan fingerprint density at radius 1 is 1.50 bits per heavy atom. The molecule has 2 atom stereocenters. The summed E-state index contributed by atoms with van der Waals surface area (Å²) in [6, 6.07) is 8.40. The molecule has 0 aliphatic carbocycles. The molecule has 3 nitrogen and oxygen atoms in total. The van der Waals surface area contributed by atoms with Gasteiger partial charge in [-0.15, -0.1) is 0 Å². The molecule has 1 aromatic rings. The van der Waals surface area contributed by atoms with Crippen LogP contribution in [0.25, 0.3) is 0 Å². The van der Waals surface area contributed by atoms with Crippen LogP contribution in [0.4, 0.5) is 0 Å². The zero-order valence-corrected chi connectivity index (χ0v) is 13.2. The van der Waals surface area contributed by atoms with Crippen molar-refractivity contribution in [2.24, 2.45) is 0 Å². The van der Waals surface area contributed by atoms with Crippen molar-refractivity contribution in [2.45, 2.75) is 31.8 Å². The molecule has 1 saturated heterocycles. The number of rotatable bonds is 5. The number of benzene rings is 1. The van der Waals surface area contributed by atoms with Crippen LogP contribution in [0, 0.1) is 0 Å². The number of carboxylic acid groups (broad SMARTS) is 1. The molecule has 1 aliphatic heterocycles. The molecule has 1 heterocycles. The predicted molar refractivity (Wildman–Crippen MR) is 84.7 cm³/mol. The fourth-order valence-corrected chi connectivity index (χ4v) is 3.92. The largest absolute Gasteiger partial charge is 0.481 e. The first-order valence-corrected chi connectivity index (χ1v) is 8.39. The van der Waals surface area contributed by atoms with Crippen molar-refractivity contribution < 1.29 is 9.90 Å². The standard InChI is InChI=1S/C15H20ClNO2S/c1-11(8-12-2-4-13(16)5-3-12)17-6-7-20-10-14(17)9-15(18)19/h2-5,11,14H,6-10H2,1H3,(H,18,19). The van der Waals surface area contributed by atoms with Crippen molar-refractivity contribution in [2.75, 3.05) is 18.1 Å². The van der Waals surface area contributed by atoms with E-state index in [4.69, 9.17) is 16.7 Å². The molecule has 110 valence electrons. The summed E-state index contributed by atoms with van der Waals surface area (Å²) in [5, 5.41) is 9.78. The third-order valence-electron chi connectivity index (χ3n) is 3.69. The zero-order valence-electron chi connectivity index (χ0n) is 11.6. The van der Waals surface area contributed by atoms with Crippen LogP contribution < -0.4 is 0 Å². The summed E-state index contributed by atoms with van der Waals surface area (Å²) in [6.45, 7) is 3.15. The Labute approximate surface area is 129 Å². The van der Waals surface area contributed by atoms with Crippen LogP contribution in [0.15, 0.2) is 24.3 Å². The third-order valence-corrected chi connectivity index (χ3v) is 5.04. The van der Waals surface area contributed by atoms with E-state index in [1.165, 1.54) is 5.56 Å². The molecule has 1 N–H and O–H groups in total. The minimum absolute atomic E-state index is 0.147. The highest BCUT2D eigenvalue weighted by atomic mass is 35.5. The van der Waals surface area contributed by atoms with Crippen molar-refractivity contribution in [1.29, 1.82) is 0 Å². The average molecular weight is 314 g/mol. The van der Waals surface area contributed by atoms with Gasteiger partial charge in [0, 0.05) is 35.2 Å². The van der Waals surface area contributed by atoms with Crippen LogP contribution >= 0.6 is 23.4 Å². The lowest BCUT2D eigenvalue weighted by Crippen LogP contribution is -2.49. The van der Waals surface area contributed by atoms with Crippen LogP contribution in [0.5, 0.6) is 0 Å². The van der Waals surface area contributed by atoms with E-state index in [9.17, 15) is 4.79 Å².